The van der Waals surface area contributed by atoms with Crippen molar-refractivity contribution < 1.29 is 24.2 Å². The Hall–Kier alpha value is -3.43. The molecule has 1 saturated heterocycles. The lowest BCUT2D eigenvalue weighted by molar-refractivity contribution is -0.137. The fourth-order valence-corrected chi connectivity index (χ4v) is 5.38. The van der Waals surface area contributed by atoms with Gasteiger partial charge in [-0.2, -0.15) is 0 Å². The van der Waals surface area contributed by atoms with Crippen LogP contribution in [-0.2, 0) is 29.3 Å². The number of hydrogen-bond donors (Lipinski definition) is 2. The third kappa shape index (κ3) is 6.34. The summed E-state index contributed by atoms with van der Waals surface area (Å²) >= 11 is 0. The van der Waals surface area contributed by atoms with Gasteiger partial charge in [0.2, 0.25) is 5.91 Å². The van der Waals surface area contributed by atoms with Gasteiger partial charge in [0.15, 0.2) is 0 Å². The van der Waals surface area contributed by atoms with Crippen molar-refractivity contribution in [1.82, 2.24) is 14.7 Å². The lowest BCUT2D eigenvalue weighted by Crippen LogP contribution is -2.46. The van der Waals surface area contributed by atoms with Gasteiger partial charge >= 0.3 is 5.97 Å². The molecule has 0 bridgehead atoms. The van der Waals surface area contributed by atoms with Crippen molar-refractivity contribution in [1.29, 1.82) is 0 Å². The molecule has 9 nitrogen and oxygen atoms in total. The van der Waals surface area contributed by atoms with Gasteiger partial charge in [-0.3, -0.25) is 19.3 Å². The van der Waals surface area contributed by atoms with Crippen molar-refractivity contribution in [2.75, 3.05) is 32.7 Å². The number of rotatable bonds is 12. The summed E-state index contributed by atoms with van der Waals surface area (Å²) in [6, 6.07) is 12.7. The van der Waals surface area contributed by atoms with Crippen molar-refractivity contribution >= 4 is 17.8 Å². The van der Waals surface area contributed by atoms with E-state index in [0.29, 0.717) is 23.5 Å². The lowest BCUT2D eigenvalue weighted by Gasteiger charge is -2.34. The Labute approximate surface area is 223 Å². The highest BCUT2D eigenvalue weighted by atomic mass is 16.5. The highest BCUT2D eigenvalue weighted by molar-refractivity contribution is 6.01. The molecule has 5 rings (SSSR count). The van der Waals surface area contributed by atoms with E-state index in [0.717, 1.165) is 44.2 Å². The van der Waals surface area contributed by atoms with E-state index < -0.39 is 17.9 Å². The first-order valence-corrected chi connectivity index (χ1v) is 13.5. The number of carbonyl (C=O) groups excluding carboxylic acids is 2. The maximum Gasteiger partial charge on any atom is 0.303 e. The zero-order chi connectivity index (χ0) is 26.6. The molecule has 1 aliphatic carbocycles. The normalized spacial score (nSPS) is 18.8. The molecule has 2 heterocycles. The summed E-state index contributed by atoms with van der Waals surface area (Å²) in [5.74, 6) is -0.564. The number of carboxylic acid groups (broad SMARTS) is 1. The van der Waals surface area contributed by atoms with E-state index >= 15 is 0 Å². The topological polar surface area (TPSA) is 116 Å². The first kappa shape index (κ1) is 26.2. The van der Waals surface area contributed by atoms with Crippen LogP contribution in [0, 0.1) is 5.92 Å². The van der Waals surface area contributed by atoms with Crippen molar-refractivity contribution in [2.24, 2.45) is 11.7 Å². The molecular formula is C29H36N4O5. The van der Waals surface area contributed by atoms with Crippen LogP contribution in [0.15, 0.2) is 42.5 Å². The number of hydrogen-bond acceptors (Lipinski definition) is 6. The smallest absolute Gasteiger partial charge is 0.303 e. The molecule has 0 spiro atoms. The largest absolute Gasteiger partial charge is 0.489 e. The van der Waals surface area contributed by atoms with Crippen molar-refractivity contribution in [3.8, 4) is 5.75 Å². The van der Waals surface area contributed by atoms with E-state index in [-0.39, 0.29) is 25.3 Å². The SMILES string of the molecule is NC(=O)C(CCC(=O)O)N1Cc2c(OCc3ccc(CN4CCN(CC5CC5)CC4)cc3)cccc2C1=O. The summed E-state index contributed by atoms with van der Waals surface area (Å²) in [6.45, 7) is 7.26. The maximum absolute atomic E-state index is 13.0. The van der Waals surface area contributed by atoms with Gasteiger partial charge in [-0.25, -0.2) is 0 Å². The Kier molecular flexibility index (Phi) is 7.95. The van der Waals surface area contributed by atoms with E-state index in [1.54, 1.807) is 12.1 Å². The summed E-state index contributed by atoms with van der Waals surface area (Å²) in [6.07, 6.45) is 2.54. The number of amides is 2. The maximum atomic E-state index is 13.0. The third-order valence-corrected chi connectivity index (χ3v) is 7.79. The monoisotopic (exact) mass is 520 g/mol. The highest BCUT2D eigenvalue weighted by Gasteiger charge is 2.37. The van der Waals surface area contributed by atoms with E-state index in [9.17, 15) is 14.4 Å². The number of nitrogens with two attached hydrogens (primary N) is 1. The molecule has 3 N–H and O–H groups in total. The standard InChI is InChI=1S/C29H36N4O5/c30-28(36)25(10-11-27(34)35)33-18-24-23(29(33)37)2-1-3-26(24)38-19-22-8-6-21(7-9-22)17-32-14-12-31(13-15-32)16-20-4-5-20/h1-3,6-9,20,25H,4-5,10-19H2,(H2,30,36)(H,34,35). The Bertz CT molecular complexity index is 1170. The van der Waals surface area contributed by atoms with Crippen LogP contribution in [0.3, 0.4) is 0 Å². The van der Waals surface area contributed by atoms with Crippen molar-refractivity contribution in [2.45, 2.75) is 51.4 Å². The summed E-state index contributed by atoms with van der Waals surface area (Å²) in [5.41, 5.74) is 8.96. The Morgan fingerprint density at radius 3 is 2.34 bits per heavy atom. The average molecular weight is 521 g/mol. The van der Waals surface area contributed by atoms with Crippen LogP contribution < -0.4 is 10.5 Å². The average Bonchev–Trinajstić information content (AvgIpc) is 3.66. The van der Waals surface area contributed by atoms with Gasteiger partial charge in [-0.1, -0.05) is 30.3 Å². The molecule has 202 valence electrons. The fourth-order valence-electron chi connectivity index (χ4n) is 5.38. The highest BCUT2D eigenvalue weighted by Crippen LogP contribution is 2.33. The molecule has 1 unspecified atom stereocenters. The molecule has 0 radical (unpaired) electrons. The molecule has 9 heteroatoms. The lowest BCUT2D eigenvalue weighted by atomic mass is 10.1. The van der Waals surface area contributed by atoms with E-state index in [4.69, 9.17) is 15.6 Å². The second-order valence-corrected chi connectivity index (χ2v) is 10.7. The Morgan fingerprint density at radius 2 is 1.68 bits per heavy atom. The molecule has 38 heavy (non-hydrogen) atoms. The summed E-state index contributed by atoms with van der Waals surface area (Å²) < 4.78 is 6.10. The molecule has 3 aliphatic rings. The number of carbonyl (C=O) groups is 3. The van der Waals surface area contributed by atoms with Gasteiger partial charge < -0.3 is 25.4 Å². The molecule has 1 atom stereocenters. The molecular weight excluding hydrogens is 484 g/mol. The Morgan fingerprint density at radius 1 is 1.00 bits per heavy atom. The number of carboxylic acids is 1. The number of primary amides is 1. The van der Waals surface area contributed by atoms with Gasteiger partial charge in [0.05, 0.1) is 6.54 Å². The minimum atomic E-state index is -1.04. The fraction of sp³-hybridized carbons (Fsp3) is 0.483. The van der Waals surface area contributed by atoms with Crippen LogP contribution >= 0.6 is 0 Å². The molecule has 2 aromatic carbocycles. The predicted molar refractivity (Wildman–Crippen MR) is 141 cm³/mol. The van der Waals surface area contributed by atoms with Gasteiger partial charge in [0.25, 0.3) is 5.91 Å². The molecule has 2 aliphatic heterocycles. The zero-order valence-corrected chi connectivity index (χ0v) is 21.7. The first-order valence-electron chi connectivity index (χ1n) is 13.5. The van der Waals surface area contributed by atoms with Gasteiger partial charge in [-0.15, -0.1) is 0 Å². The van der Waals surface area contributed by atoms with E-state index in [1.807, 2.05) is 6.07 Å². The molecule has 0 aromatic heterocycles. The second-order valence-electron chi connectivity index (χ2n) is 10.7. The van der Waals surface area contributed by atoms with Crippen molar-refractivity contribution in [3.05, 3.63) is 64.7 Å². The van der Waals surface area contributed by atoms with Crippen LogP contribution in [0.25, 0.3) is 0 Å². The van der Waals surface area contributed by atoms with E-state index in [2.05, 4.69) is 34.1 Å². The summed E-state index contributed by atoms with van der Waals surface area (Å²) in [5, 5.41) is 9.01. The summed E-state index contributed by atoms with van der Waals surface area (Å²) in [7, 11) is 0. The number of benzene rings is 2. The minimum absolute atomic E-state index is 0.0247. The number of piperazine rings is 1. The van der Waals surface area contributed by atoms with Crippen LogP contribution in [0.1, 0.15) is 52.7 Å². The minimum Gasteiger partial charge on any atom is -0.489 e. The Balaban J connectivity index is 1.15. The van der Waals surface area contributed by atoms with Gasteiger partial charge in [0, 0.05) is 56.8 Å². The van der Waals surface area contributed by atoms with Crippen LogP contribution in [0.5, 0.6) is 5.75 Å². The van der Waals surface area contributed by atoms with Gasteiger partial charge in [0.1, 0.15) is 18.4 Å². The van der Waals surface area contributed by atoms with Crippen molar-refractivity contribution in [3.63, 3.8) is 0 Å². The molecule has 2 amide bonds. The summed E-state index contributed by atoms with van der Waals surface area (Å²) in [4.78, 5) is 42.5. The number of nitrogens with zero attached hydrogens (tertiary/aromatic N) is 3. The van der Waals surface area contributed by atoms with Crippen LogP contribution in [-0.4, -0.2) is 76.4 Å². The number of aliphatic carboxylic acids is 1. The third-order valence-electron chi connectivity index (χ3n) is 7.79. The number of fused-ring (bicyclic) bond motifs is 1. The van der Waals surface area contributed by atoms with E-state index in [1.165, 1.54) is 29.8 Å². The van der Waals surface area contributed by atoms with Gasteiger partial charge in [-0.05, 0) is 48.4 Å². The quantitative estimate of drug-likeness (QED) is 0.442. The van der Waals surface area contributed by atoms with Crippen LogP contribution in [0.4, 0.5) is 0 Å². The number of ether oxygens (including phenoxy) is 1. The zero-order valence-electron chi connectivity index (χ0n) is 21.7. The second kappa shape index (κ2) is 11.5. The predicted octanol–water partition coefficient (Wildman–Crippen LogP) is 2.47. The molecule has 2 aromatic rings. The molecule has 1 saturated carbocycles. The first-order chi connectivity index (χ1) is 18.4. The molecule has 2 fully saturated rings. The van der Waals surface area contributed by atoms with Crippen LogP contribution in [0.2, 0.25) is 0 Å².